The number of hydrogen-bond donors (Lipinski definition) is 0. The molecule has 6 nitrogen and oxygen atoms in total. The van der Waals surface area contributed by atoms with Crippen LogP contribution in [0.4, 0.5) is 0 Å². The molecule has 0 aliphatic carbocycles. The van der Waals surface area contributed by atoms with E-state index in [1.807, 2.05) is 64.1 Å². The minimum absolute atomic E-state index is 0.395. The van der Waals surface area contributed by atoms with Crippen LogP contribution in [0.3, 0.4) is 0 Å². The molecule has 0 saturated carbocycles. The van der Waals surface area contributed by atoms with E-state index >= 15 is 0 Å². The summed E-state index contributed by atoms with van der Waals surface area (Å²) in [7, 11) is 9.75. The summed E-state index contributed by atoms with van der Waals surface area (Å²) in [6.07, 6.45) is 0.791. The summed E-state index contributed by atoms with van der Waals surface area (Å²) in [5, 5.41) is 17.2. The molecule has 0 spiro atoms. The maximum atomic E-state index is 8.59. The number of nitrogens with zero attached hydrogens (tertiary/aromatic N) is 2. The fourth-order valence-electron chi connectivity index (χ4n) is 2.59. The van der Waals surface area contributed by atoms with Crippen molar-refractivity contribution in [1.82, 2.24) is 0 Å². The van der Waals surface area contributed by atoms with E-state index in [1.54, 1.807) is 0 Å². The van der Waals surface area contributed by atoms with E-state index in [9.17, 15) is 0 Å². The summed E-state index contributed by atoms with van der Waals surface area (Å²) in [5.41, 5.74) is 1.90. The van der Waals surface area contributed by atoms with Crippen molar-refractivity contribution in [2.45, 2.75) is 40.5 Å². The molecule has 0 fully saturated rings. The van der Waals surface area contributed by atoms with Crippen LogP contribution in [0.2, 0.25) is 0 Å². The molecule has 0 saturated heterocycles. The fourth-order valence-corrected chi connectivity index (χ4v) is 2.59. The van der Waals surface area contributed by atoms with Crippen LogP contribution < -0.4 is 18.9 Å². The van der Waals surface area contributed by atoms with Crippen molar-refractivity contribution in [3.05, 3.63) is 47.5 Å². The average molecular weight is 676 g/mol. The quantitative estimate of drug-likeness (QED) is 0.287. The van der Waals surface area contributed by atoms with Crippen LogP contribution in [-0.4, -0.2) is 26.4 Å². The first kappa shape index (κ1) is 30.9. The molecule has 9 heteroatoms. The molecule has 184 valence electrons. The van der Waals surface area contributed by atoms with Gasteiger partial charge in [-0.25, -0.2) is 0 Å². The van der Waals surface area contributed by atoms with Crippen molar-refractivity contribution in [2.75, 3.05) is 26.4 Å². The summed E-state index contributed by atoms with van der Waals surface area (Å²) >= 11 is -0.472. The van der Waals surface area contributed by atoms with Gasteiger partial charge in [0.15, 0.2) is 23.0 Å². The van der Waals surface area contributed by atoms with Gasteiger partial charge in [0.05, 0.1) is 51.4 Å². The van der Waals surface area contributed by atoms with Crippen molar-refractivity contribution in [3.63, 3.8) is 0 Å². The predicted molar refractivity (Wildman–Crippen MR) is 128 cm³/mol. The van der Waals surface area contributed by atoms with Gasteiger partial charge in [0.25, 0.3) is 0 Å². The Bertz CT molecular complexity index is 814. The zero-order valence-corrected chi connectivity index (χ0v) is 23.1. The zero-order chi connectivity index (χ0) is 24.9. The fraction of sp³-hybridized carbons (Fsp3) is 0.417. The number of benzene rings is 2. The number of halogens is 2. The van der Waals surface area contributed by atoms with Crippen LogP contribution in [0, 0.1) is 22.7 Å². The zero-order valence-electron chi connectivity index (χ0n) is 19.3. The number of ether oxygens (including phenoxy) is 4. The van der Waals surface area contributed by atoms with Crippen molar-refractivity contribution < 1.29 is 35.4 Å². The Morgan fingerprint density at radius 1 is 0.636 bits per heavy atom. The molecular weight excluding hydrogens is 646 g/mol. The van der Waals surface area contributed by atoms with Gasteiger partial charge in [-0.1, -0.05) is 12.1 Å². The molecule has 0 unspecified atom stereocenters. The number of nitriles is 2. The summed E-state index contributed by atoms with van der Waals surface area (Å²) in [6, 6.07) is 15.4. The van der Waals surface area contributed by atoms with Gasteiger partial charge in [-0.15, -0.1) is 0 Å². The predicted octanol–water partition coefficient (Wildman–Crippen LogP) is 6.48. The number of hydrogen-bond acceptors (Lipinski definition) is 6. The van der Waals surface area contributed by atoms with Crippen molar-refractivity contribution >= 4 is 18.8 Å². The van der Waals surface area contributed by atoms with Crippen molar-refractivity contribution in [3.8, 4) is 35.1 Å². The van der Waals surface area contributed by atoms with Crippen LogP contribution in [0.1, 0.15) is 38.8 Å². The molecule has 0 aliphatic rings. The van der Waals surface area contributed by atoms with Gasteiger partial charge in [0, 0.05) is 0 Å². The molecule has 33 heavy (non-hydrogen) atoms. The van der Waals surface area contributed by atoms with Gasteiger partial charge in [-0.2, -0.15) is 10.5 Å². The normalized spacial score (nSPS) is 9.21. The second-order valence-electron chi connectivity index (χ2n) is 6.01. The Morgan fingerprint density at radius 2 is 0.939 bits per heavy atom. The van der Waals surface area contributed by atoms with Gasteiger partial charge in [0.2, 0.25) is 0 Å². The summed E-state index contributed by atoms with van der Waals surface area (Å²) in [4.78, 5) is 0. The third kappa shape index (κ3) is 13.2. The summed E-state index contributed by atoms with van der Waals surface area (Å²) < 4.78 is 21.7. The minimum atomic E-state index is -0.472. The molecular formula is C24H30Cl2N2O4Pt. The second-order valence-corrected chi connectivity index (χ2v) is 9.29. The van der Waals surface area contributed by atoms with Gasteiger partial charge < -0.3 is 18.9 Å². The van der Waals surface area contributed by atoms with E-state index in [0.29, 0.717) is 50.8 Å². The third-order valence-electron chi connectivity index (χ3n) is 3.78. The van der Waals surface area contributed by atoms with Crippen LogP contribution in [-0.2, 0) is 29.3 Å². The Hall–Kier alpha value is -2.11. The molecule has 0 N–H and O–H groups in total. The molecule has 0 aromatic heterocycles. The van der Waals surface area contributed by atoms with E-state index in [2.05, 4.69) is 12.1 Å². The molecule has 0 atom stereocenters. The van der Waals surface area contributed by atoms with Gasteiger partial charge >= 0.3 is 35.3 Å². The van der Waals surface area contributed by atoms with Gasteiger partial charge in [-0.3, -0.25) is 0 Å². The topological polar surface area (TPSA) is 84.5 Å². The summed E-state index contributed by atoms with van der Waals surface area (Å²) in [6.45, 7) is 10.1. The van der Waals surface area contributed by atoms with E-state index < -0.39 is 16.5 Å². The standard InChI is InChI=1S/2C12H15NO2.2ClH.Pt/c2*1-3-14-11-6-5-10(7-8-13)9-12(11)15-4-2;;;/h2*5-6,9H,3-4,7H2,1-2H3;2*1H;/q;;;;+2/p-2. The number of rotatable bonds is 10. The van der Waals surface area contributed by atoms with E-state index in [0.717, 1.165) is 22.6 Å². The molecule has 0 aliphatic heterocycles. The molecule has 0 radical (unpaired) electrons. The molecule has 2 aromatic carbocycles. The first-order valence-corrected chi connectivity index (χ1v) is 16.0. The molecule has 2 aromatic rings. The average Bonchev–Trinajstić information content (AvgIpc) is 2.79. The van der Waals surface area contributed by atoms with E-state index in [4.69, 9.17) is 48.3 Å². The summed E-state index contributed by atoms with van der Waals surface area (Å²) in [5.74, 6) is 2.90. The first-order valence-electron chi connectivity index (χ1n) is 10.4. The van der Waals surface area contributed by atoms with Crippen LogP contribution >= 0.6 is 18.8 Å². The van der Waals surface area contributed by atoms with Crippen LogP contribution in [0.15, 0.2) is 36.4 Å². The van der Waals surface area contributed by atoms with Crippen molar-refractivity contribution in [2.24, 2.45) is 0 Å². The molecule has 2 rings (SSSR count). The SMILES string of the molecule is CCOc1ccc(CC#N)cc1OCC.CCOc1ccc(CC#N)cc1OCC.[Cl][Pt][Cl]. The first-order chi connectivity index (χ1) is 16.0. The van der Waals surface area contributed by atoms with E-state index in [-0.39, 0.29) is 0 Å². The molecule has 0 bridgehead atoms. The van der Waals surface area contributed by atoms with Crippen LogP contribution in [0.25, 0.3) is 0 Å². The van der Waals surface area contributed by atoms with Gasteiger partial charge in [-0.05, 0) is 63.1 Å². The Balaban J connectivity index is 0.000000555. The second kappa shape index (κ2) is 20.5. The Kier molecular flexibility index (Phi) is 19.2. The molecule has 0 amide bonds. The van der Waals surface area contributed by atoms with Crippen LogP contribution in [0.5, 0.6) is 23.0 Å². The maximum absolute atomic E-state index is 8.59. The Labute approximate surface area is 213 Å². The Morgan fingerprint density at radius 3 is 1.21 bits per heavy atom. The van der Waals surface area contributed by atoms with Crippen molar-refractivity contribution in [1.29, 1.82) is 10.5 Å². The monoisotopic (exact) mass is 675 g/mol. The van der Waals surface area contributed by atoms with Gasteiger partial charge in [0.1, 0.15) is 0 Å². The van der Waals surface area contributed by atoms with E-state index in [1.165, 1.54) is 0 Å². The molecule has 0 heterocycles. The third-order valence-corrected chi connectivity index (χ3v) is 3.78.